The van der Waals surface area contributed by atoms with Crippen LogP contribution in [0.1, 0.15) is 119 Å². The lowest BCUT2D eigenvalue weighted by Gasteiger charge is -2.30. The predicted molar refractivity (Wildman–Crippen MR) is 243 cm³/mol. The van der Waals surface area contributed by atoms with Gasteiger partial charge in [0.25, 0.3) is 0 Å². The molecule has 11 rings (SSSR count). The van der Waals surface area contributed by atoms with Gasteiger partial charge in [-0.3, -0.25) is 14.3 Å². The molecule has 338 valence electrons. The number of carbonyl (C=O) groups excluding carboxylic acids is 3. The number of alkyl carbamates (subject to hydrolysis) is 1. The van der Waals surface area contributed by atoms with Crippen molar-refractivity contribution in [2.24, 2.45) is 11.8 Å². The number of aromatic amines is 2. The summed E-state index contributed by atoms with van der Waals surface area (Å²) in [6.07, 6.45) is 7.67. The van der Waals surface area contributed by atoms with Crippen LogP contribution in [0.3, 0.4) is 0 Å². The minimum absolute atomic E-state index is 0.163. The third kappa shape index (κ3) is 7.43. The third-order valence-electron chi connectivity index (χ3n) is 13.6. The lowest BCUT2D eigenvalue weighted by molar-refractivity contribution is -0.135. The maximum atomic E-state index is 16.9. The normalized spacial score (nSPS) is 22.7. The van der Waals surface area contributed by atoms with Crippen LogP contribution in [0.15, 0.2) is 60.9 Å². The number of rotatable bonds is 9. The number of fused-ring (bicyclic) bond motifs is 6. The number of carbonyl (C=O) groups is 3. The second kappa shape index (κ2) is 15.5. The molecule has 6 aromatic rings. The quantitative estimate of drug-likeness (QED) is 0.129. The van der Waals surface area contributed by atoms with Crippen LogP contribution in [0.2, 0.25) is 0 Å². The molecule has 3 amide bonds. The van der Waals surface area contributed by atoms with Crippen molar-refractivity contribution in [3.8, 4) is 39.5 Å². The molecule has 0 spiro atoms. The number of amides is 3. The Bertz CT molecular complexity index is 2870. The summed E-state index contributed by atoms with van der Waals surface area (Å²) in [6.45, 7) is 9.94. The number of hydrogen-bond acceptors (Lipinski definition) is 9. The van der Waals surface area contributed by atoms with Crippen LogP contribution in [0, 0.1) is 17.7 Å². The molecule has 2 aromatic carbocycles. The number of ether oxygens (including phenoxy) is 3. The topological polar surface area (TPSA) is 160 Å². The summed E-state index contributed by atoms with van der Waals surface area (Å²) in [6, 6.07) is 14.9. The number of H-pyrrole nitrogens is 2. The number of aromatic nitrogens is 5. The lowest BCUT2D eigenvalue weighted by Crippen LogP contribution is -2.51. The second-order valence-electron chi connectivity index (χ2n) is 19.6. The molecule has 6 atom stereocenters. The maximum absolute atomic E-state index is 16.9. The molecule has 4 aromatic heterocycles. The van der Waals surface area contributed by atoms with Crippen LogP contribution in [-0.4, -0.2) is 83.7 Å². The molecule has 5 aliphatic rings. The van der Waals surface area contributed by atoms with E-state index in [1.54, 1.807) is 22.4 Å². The van der Waals surface area contributed by atoms with Gasteiger partial charge in [0.1, 0.15) is 34.9 Å². The van der Waals surface area contributed by atoms with Gasteiger partial charge in [-0.2, -0.15) is 0 Å². The molecule has 14 nitrogen and oxygen atoms in total. The molecule has 4 fully saturated rings. The van der Waals surface area contributed by atoms with Crippen LogP contribution >= 0.6 is 11.3 Å². The monoisotopic (exact) mass is 900 g/mol. The number of likely N-dealkylation sites (tertiary alicyclic amines) is 2. The van der Waals surface area contributed by atoms with Gasteiger partial charge in [0, 0.05) is 34.0 Å². The van der Waals surface area contributed by atoms with Gasteiger partial charge in [0.15, 0.2) is 0 Å². The number of benzene rings is 2. The average Bonchev–Trinajstić information content (AvgIpc) is 3.75. The molecular formula is C49H53FN8O6S. The average molecular weight is 901 g/mol. The number of halogens is 1. The number of imidazole rings is 2. The fourth-order valence-corrected chi connectivity index (χ4v) is 11.4. The van der Waals surface area contributed by atoms with E-state index in [0.717, 1.165) is 52.1 Å². The first-order chi connectivity index (χ1) is 31.2. The van der Waals surface area contributed by atoms with Crippen molar-refractivity contribution in [2.45, 2.75) is 115 Å². The molecule has 16 heteroatoms. The Balaban J connectivity index is 0.918. The summed E-state index contributed by atoms with van der Waals surface area (Å²) < 4.78 is 36.5. The highest BCUT2D eigenvalue weighted by Gasteiger charge is 2.56. The molecule has 1 unspecified atom stereocenters. The zero-order chi connectivity index (χ0) is 45.1. The summed E-state index contributed by atoms with van der Waals surface area (Å²) in [4.78, 5) is 61.7. The van der Waals surface area contributed by atoms with Crippen molar-refractivity contribution < 1.29 is 33.0 Å². The first kappa shape index (κ1) is 41.5. The predicted octanol–water partition coefficient (Wildman–Crippen LogP) is 10.2. The molecule has 2 saturated carbocycles. The first-order valence-electron chi connectivity index (χ1n) is 22.7. The second-order valence-corrected chi connectivity index (χ2v) is 20.7. The van der Waals surface area contributed by atoms with E-state index in [9.17, 15) is 14.4 Å². The highest BCUT2D eigenvalue weighted by Crippen LogP contribution is 2.54. The standard InChI is InChI=1S/C49H53FN8O6S/c1-24(2)42(55-47(60)62-6)45(59)56-15-7-8-34(56)43-51-23-32(54-43)27-17-30(50)41-36-19-28-16-26(31-22-52-44(53-31)37-20-29-18-35(29)58(37)48(61)64-49(3,4)5)11-12-33(28)57(36)46(63-38(41)21-27)40-14-13-39(65-40)25-9-10-25/h11-14,16-17,19,21-25,29,34-35,37,42,46H,7-10,15,18,20H2,1-6H3,(H,51,54)(H,52,53)(H,55,60)/t29-,34+,35-,37+,42+,46?/m1/s1. The van der Waals surface area contributed by atoms with E-state index in [1.807, 2.05) is 63.9 Å². The van der Waals surface area contributed by atoms with Crippen LogP contribution in [0.25, 0.3) is 44.7 Å². The van der Waals surface area contributed by atoms with E-state index in [1.165, 1.54) is 30.9 Å². The summed E-state index contributed by atoms with van der Waals surface area (Å²) in [7, 11) is 1.28. The van der Waals surface area contributed by atoms with Crippen molar-refractivity contribution in [3.05, 3.63) is 88.1 Å². The van der Waals surface area contributed by atoms with Crippen molar-refractivity contribution in [3.63, 3.8) is 0 Å². The van der Waals surface area contributed by atoms with E-state index in [-0.39, 0.29) is 36.0 Å². The summed E-state index contributed by atoms with van der Waals surface area (Å²) in [5.74, 6) is 1.99. The number of piperidine rings is 1. The fraction of sp³-hybridized carbons (Fsp3) is 0.449. The molecule has 7 heterocycles. The minimum atomic E-state index is -0.757. The third-order valence-corrected chi connectivity index (χ3v) is 14.9. The number of nitrogens with zero attached hydrogens (tertiary/aromatic N) is 5. The Morgan fingerprint density at radius 2 is 1.66 bits per heavy atom. The zero-order valence-electron chi connectivity index (χ0n) is 37.3. The van der Waals surface area contributed by atoms with Gasteiger partial charge in [-0.15, -0.1) is 11.3 Å². The van der Waals surface area contributed by atoms with Crippen molar-refractivity contribution in [2.75, 3.05) is 13.7 Å². The van der Waals surface area contributed by atoms with Crippen LogP contribution in [0.4, 0.5) is 14.0 Å². The molecular weight excluding hydrogens is 848 g/mol. The fourth-order valence-electron chi connectivity index (χ4n) is 10.1. The van der Waals surface area contributed by atoms with Gasteiger partial charge in [-0.25, -0.2) is 23.9 Å². The zero-order valence-corrected chi connectivity index (χ0v) is 38.1. The van der Waals surface area contributed by atoms with E-state index < -0.39 is 29.8 Å². The van der Waals surface area contributed by atoms with Gasteiger partial charge in [0.2, 0.25) is 12.1 Å². The first-order valence-corrected chi connectivity index (χ1v) is 23.6. The van der Waals surface area contributed by atoms with Gasteiger partial charge in [-0.05, 0) is 120 Å². The molecule has 65 heavy (non-hydrogen) atoms. The Morgan fingerprint density at radius 3 is 2.38 bits per heavy atom. The van der Waals surface area contributed by atoms with Crippen molar-refractivity contribution >= 4 is 40.3 Å². The molecule has 2 saturated heterocycles. The van der Waals surface area contributed by atoms with Crippen LogP contribution < -0.4 is 10.1 Å². The maximum Gasteiger partial charge on any atom is 0.411 e. The lowest BCUT2D eigenvalue weighted by atomic mass is 10.0. The van der Waals surface area contributed by atoms with E-state index in [2.05, 4.69) is 44.1 Å². The molecule has 3 N–H and O–H groups in total. The van der Waals surface area contributed by atoms with Gasteiger partial charge < -0.3 is 34.4 Å². The SMILES string of the molecule is COC(=O)N[C@H](C(=O)N1CCC[C@H]1c1ncc(-c2cc(F)c3c(c2)OC(c2ccc(C4CC4)s2)n2c-3cc3cc(-c4cnc([C@@H]5C[C@H]6C[C@H]6N5C(=O)OC(C)(C)C)[nH]4)ccc32)[nH]1)C(C)C. The van der Waals surface area contributed by atoms with Gasteiger partial charge in [0.05, 0.1) is 64.6 Å². The smallest absolute Gasteiger partial charge is 0.411 e. The van der Waals surface area contributed by atoms with Crippen LogP contribution in [-0.2, 0) is 14.3 Å². The summed E-state index contributed by atoms with van der Waals surface area (Å²) >= 11 is 1.75. The van der Waals surface area contributed by atoms with Crippen molar-refractivity contribution in [1.29, 1.82) is 0 Å². The molecule has 0 radical (unpaired) electrons. The Morgan fingerprint density at radius 1 is 0.923 bits per heavy atom. The Kier molecular flexibility index (Phi) is 9.90. The Labute approximate surface area is 379 Å². The number of methoxy groups -OCH3 is 1. The van der Waals surface area contributed by atoms with E-state index in [4.69, 9.17) is 24.2 Å². The van der Waals surface area contributed by atoms with Crippen LogP contribution in [0.5, 0.6) is 5.75 Å². The highest BCUT2D eigenvalue weighted by molar-refractivity contribution is 7.12. The molecule has 3 aliphatic heterocycles. The summed E-state index contributed by atoms with van der Waals surface area (Å²) in [5, 5.41) is 3.62. The number of hydrogen-bond donors (Lipinski definition) is 3. The minimum Gasteiger partial charge on any atom is -0.464 e. The van der Waals surface area contributed by atoms with E-state index >= 15 is 4.39 Å². The van der Waals surface area contributed by atoms with Gasteiger partial charge in [-0.1, -0.05) is 19.9 Å². The van der Waals surface area contributed by atoms with Crippen molar-refractivity contribution in [1.82, 2.24) is 39.6 Å². The van der Waals surface area contributed by atoms with Gasteiger partial charge >= 0.3 is 12.2 Å². The number of thiophene rings is 1. The number of nitrogens with one attached hydrogen (secondary N) is 3. The largest absolute Gasteiger partial charge is 0.464 e. The molecule has 2 aliphatic carbocycles. The summed E-state index contributed by atoms with van der Waals surface area (Å²) in [5.41, 5.74) is 4.31. The van der Waals surface area contributed by atoms with E-state index in [0.29, 0.717) is 58.9 Å². The molecule has 0 bridgehead atoms. The highest BCUT2D eigenvalue weighted by atomic mass is 32.1. The Hall–Kier alpha value is -6.16.